The van der Waals surface area contributed by atoms with Crippen molar-refractivity contribution >= 4 is 22.5 Å². The predicted molar refractivity (Wildman–Crippen MR) is 102 cm³/mol. The average molecular weight is 359 g/mol. The van der Waals surface area contributed by atoms with Crippen LogP contribution in [0.3, 0.4) is 0 Å². The highest BCUT2D eigenvalue weighted by Crippen LogP contribution is 2.24. The number of rotatable bonds is 5. The molecule has 2 aromatic carbocycles. The van der Waals surface area contributed by atoms with E-state index < -0.39 is 5.91 Å². The Morgan fingerprint density at radius 3 is 2.70 bits per heavy atom. The summed E-state index contributed by atoms with van der Waals surface area (Å²) in [5, 5.41) is 7.52. The lowest BCUT2D eigenvalue weighted by Gasteiger charge is -2.08. The van der Waals surface area contributed by atoms with Crippen LogP contribution in [0.15, 0.2) is 71.3 Å². The van der Waals surface area contributed by atoms with Crippen LogP contribution in [0.1, 0.15) is 21.8 Å². The lowest BCUT2D eigenvalue weighted by molar-refractivity contribution is 0.0987. The van der Waals surface area contributed by atoms with Gasteiger partial charge in [0.15, 0.2) is 0 Å². The van der Waals surface area contributed by atoms with Crippen LogP contribution in [0.2, 0.25) is 0 Å². The summed E-state index contributed by atoms with van der Waals surface area (Å²) in [6.45, 7) is 2.23. The quantitative estimate of drug-likeness (QED) is 0.573. The number of aryl methyl sites for hydroxylation is 1. The molecule has 0 spiro atoms. The second-order valence-electron chi connectivity index (χ2n) is 6.09. The molecule has 2 heterocycles. The molecule has 6 heteroatoms. The number of fused-ring (bicyclic) bond motifs is 1. The van der Waals surface area contributed by atoms with Crippen LogP contribution < -0.4 is 10.1 Å². The van der Waals surface area contributed by atoms with Gasteiger partial charge in [-0.1, -0.05) is 48.5 Å². The molecular formula is C21H17N3O3. The number of aromatic nitrogens is 2. The number of para-hydroxylation sites is 1. The van der Waals surface area contributed by atoms with Gasteiger partial charge in [-0.2, -0.15) is 0 Å². The highest BCUT2D eigenvalue weighted by atomic mass is 16.5. The van der Waals surface area contributed by atoms with Gasteiger partial charge in [0.25, 0.3) is 11.8 Å². The molecule has 1 N–H and O–H groups in total. The molecular weight excluding hydrogens is 342 g/mol. The molecule has 4 rings (SSSR count). The van der Waals surface area contributed by atoms with Crippen molar-refractivity contribution in [3.8, 4) is 5.88 Å². The normalized spacial score (nSPS) is 10.7. The van der Waals surface area contributed by atoms with Gasteiger partial charge < -0.3 is 14.6 Å². The number of pyridine rings is 1. The SMILES string of the molecule is Cc1cc(NC(=O)c2cc(OCc3ccccc3)no2)c2ccccc2n1. The number of carbonyl (C=O) groups excluding carboxylic acids is 1. The topological polar surface area (TPSA) is 77.2 Å². The Hall–Kier alpha value is -3.67. The van der Waals surface area contributed by atoms with Crippen LogP contribution in [0, 0.1) is 6.92 Å². The van der Waals surface area contributed by atoms with Gasteiger partial charge in [-0.15, -0.1) is 0 Å². The average Bonchev–Trinajstić information content (AvgIpc) is 3.16. The number of hydrogen-bond donors (Lipinski definition) is 1. The summed E-state index contributed by atoms with van der Waals surface area (Å²) >= 11 is 0. The van der Waals surface area contributed by atoms with Gasteiger partial charge in [0.2, 0.25) is 5.76 Å². The van der Waals surface area contributed by atoms with Gasteiger partial charge in [-0.25, -0.2) is 0 Å². The largest absolute Gasteiger partial charge is 0.471 e. The van der Waals surface area contributed by atoms with E-state index in [1.54, 1.807) is 0 Å². The third-order valence-corrected chi connectivity index (χ3v) is 4.03. The molecule has 134 valence electrons. The first-order chi connectivity index (χ1) is 13.2. The van der Waals surface area contributed by atoms with Crippen molar-refractivity contribution in [3.63, 3.8) is 0 Å². The second kappa shape index (κ2) is 7.29. The van der Waals surface area contributed by atoms with Crippen LogP contribution in [-0.4, -0.2) is 16.0 Å². The number of nitrogens with zero attached hydrogens (tertiary/aromatic N) is 2. The zero-order valence-electron chi connectivity index (χ0n) is 14.7. The van der Waals surface area contributed by atoms with Gasteiger partial charge in [0.1, 0.15) is 6.61 Å². The highest BCUT2D eigenvalue weighted by molar-refractivity contribution is 6.07. The Bertz CT molecular complexity index is 1090. The van der Waals surface area contributed by atoms with Crippen molar-refractivity contribution in [3.05, 3.63) is 83.7 Å². The van der Waals surface area contributed by atoms with Crippen LogP contribution >= 0.6 is 0 Å². The number of nitrogens with one attached hydrogen (secondary N) is 1. The summed E-state index contributed by atoms with van der Waals surface area (Å²) < 4.78 is 10.7. The molecule has 0 saturated carbocycles. The zero-order valence-corrected chi connectivity index (χ0v) is 14.7. The molecule has 0 aliphatic rings. The Kier molecular flexibility index (Phi) is 4.53. The Labute approximate surface area is 155 Å². The molecule has 2 aromatic heterocycles. The van der Waals surface area contributed by atoms with E-state index in [0.29, 0.717) is 12.3 Å². The van der Waals surface area contributed by atoms with Gasteiger partial charge in [-0.3, -0.25) is 9.78 Å². The van der Waals surface area contributed by atoms with Crippen molar-refractivity contribution in [1.82, 2.24) is 10.1 Å². The van der Waals surface area contributed by atoms with E-state index in [-0.39, 0.29) is 11.6 Å². The summed E-state index contributed by atoms with van der Waals surface area (Å²) in [7, 11) is 0. The first kappa shape index (κ1) is 16.8. The molecule has 4 aromatic rings. The minimum atomic E-state index is -0.396. The fraction of sp³-hybridized carbons (Fsp3) is 0.0952. The molecule has 0 saturated heterocycles. The number of carbonyl (C=O) groups is 1. The van der Waals surface area contributed by atoms with E-state index in [4.69, 9.17) is 9.26 Å². The second-order valence-corrected chi connectivity index (χ2v) is 6.09. The summed E-state index contributed by atoms with van der Waals surface area (Å²) in [4.78, 5) is 17.0. The highest BCUT2D eigenvalue weighted by Gasteiger charge is 2.16. The van der Waals surface area contributed by atoms with Crippen molar-refractivity contribution in [2.24, 2.45) is 0 Å². The van der Waals surface area contributed by atoms with E-state index in [1.807, 2.05) is 67.6 Å². The lowest BCUT2D eigenvalue weighted by atomic mass is 10.1. The summed E-state index contributed by atoms with van der Waals surface area (Å²) in [5.41, 5.74) is 3.31. The fourth-order valence-electron chi connectivity index (χ4n) is 2.76. The number of ether oxygens (including phenoxy) is 1. The van der Waals surface area contributed by atoms with E-state index in [2.05, 4.69) is 15.5 Å². The third-order valence-electron chi connectivity index (χ3n) is 4.03. The monoisotopic (exact) mass is 359 g/mol. The Morgan fingerprint density at radius 2 is 1.85 bits per heavy atom. The van der Waals surface area contributed by atoms with Crippen LogP contribution in [0.25, 0.3) is 10.9 Å². The van der Waals surface area contributed by atoms with E-state index in [0.717, 1.165) is 22.2 Å². The molecule has 27 heavy (non-hydrogen) atoms. The van der Waals surface area contributed by atoms with Crippen molar-refractivity contribution in [1.29, 1.82) is 0 Å². The van der Waals surface area contributed by atoms with Crippen molar-refractivity contribution < 1.29 is 14.1 Å². The van der Waals surface area contributed by atoms with Crippen LogP contribution in [0.5, 0.6) is 5.88 Å². The molecule has 0 aliphatic heterocycles. The lowest BCUT2D eigenvalue weighted by Crippen LogP contribution is -2.11. The maximum Gasteiger partial charge on any atom is 0.294 e. The summed E-state index contributed by atoms with van der Waals surface area (Å²) in [5.74, 6) is -0.0517. The predicted octanol–water partition coefficient (Wildman–Crippen LogP) is 4.36. The Morgan fingerprint density at radius 1 is 1.07 bits per heavy atom. The first-order valence-electron chi connectivity index (χ1n) is 8.50. The fourth-order valence-corrected chi connectivity index (χ4v) is 2.76. The van der Waals surface area contributed by atoms with E-state index in [1.165, 1.54) is 6.07 Å². The van der Waals surface area contributed by atoms with Gasteiger partial charge in [0, 0.05) is 11.1 Å². The first-order valence-corrected chi connectivity index (χ1v) is 8.50. The van der Waals surface area contributed by atoms with Crippen molar-refractivity contribution in [2.45, 2.75) is 13.5 Å². The smallest absolute Gasteiger partial charge is 0.294 e. The summed E-state index contributed by atoms with van der Waals surface area (Å²) in [6.07, 6.45) is 0. The van der Waals surface area contributed by atoms with E-state index in [9.17, 15) is 4.79 Å². The van der Waals surface area contributed by atoms with Gasteiger partial charge in [-0.05, 0) is 29.8 Å². The number of hydrogen-bond acceptors (Lipinski definition) is 5. The molecule has 0 radical (unpaired) electrons. The minimum Gasteiger partial charge on any atom is -0.471 e. The third kappa shape index (κ3) is 3.79. The number of benzene rings is 2. The molecule has 0 unspecified atom stereocenters. The molecule has 0 atom stereocenters. The minimum absolute atomic E-state index is 0.0802. The number of anilines is 1. The summed E-state index contributed by atoms with van der Waals surface area (Å²) in [6, 6.07) is 20.6. The number of amides is 1. The molecule has 0 aliphatic carbocycles. The zero-order chi connectivity index (χ0) is 18.6. The maximum atomic E-state index is 12.5. The molecule has 6 nitrogen and oxygen atoms in total. The van der Waals surface area contributed by atoms with Crippen LogP contribution in [0.4, 0.5) is 5.69 Å². The van der Waals surface area contributed by atoms with Crippen LogP contribution in [-0.2, 0) is 6.61 Å². The van der Waals surface area contributed by atoms with E-state index >= 15 is 0 Å². The molecule has 1 amide bonds. The molecule has 0 fully saturated rings. The molecule has 0 bridgehead atoms. The van der Waals surface area contributed by atoms with Gasteiger partial charge in [0.05, 0.1) is 17.3 Å². The van der Waals surface area contributed by atoms with Crippen molar-refractivity contribution in [2.75, 3.05) is 5.32 Å². The van der Waals surface area contributed by atoms with Gasteiger partial charge >= 0.3 is 0 Å². The standard InChI is InChI=1S/C21H17N3O3/c1-14-11-18(16-9-5-6-10-17(16)22-14)23-21(25)19-12-20(24-27-19)26-13-15-7-3-2-4-8-15/h2-12H,13H2,1H3,(H,22,23,25). The maximum absolute atomic E-state index is 12.5. The Balaban J connectivity index is 1.49.